The third-order valence-corrected chi connectivity index (χ3v) is 5.87. The van der Waals surface area contributed by atoms with Crippen LogP contribution in [0.15, 0.2) is 24.3 Å². The summed E-state index contributed by atoms with van der Waals surface area (Å²) in [6, 6.07) is 6.07. The van der Waals surface area contributed by atoms with Crippen LogP contribution in [-0.4, -0.2) is 59.3 Å². The Labute approximate surface area is 184 Å². The number of alkyl halides is 3. The lowest BCUT2D eigenvalue weighted by atomic mass is 9.91. The molecule has 1 aliphatic carbocycles. The summed E-state index contributed by atoms with van der Waals surface area (Å²) in [5.74, 6) is -0.292. The quantitative estimate of drug-likeness (QED) is 0.730. The van der Waals surface area contributed by atoms with E-state index in [4.69, 9.17) is 4.74 Å². The second-order valence-electron chi connectivity index (χ2n) is 8.01. The lowest BCUT2D eigenvalue weighted by molar-refractivity contribution is -0.274. The maximum Gasteiger partial charge on any atom is 0.573 e. The normalized spacial score (nSPS) is 19.0. The van der Waals surface area contributed by atoms with Gasteiger partial charge in [-0.3, -0.25) is 9.48 Å². The first-order valence-electron chi connectivity index (χ1n) is 10.9. The number of hydrogen-bond donors (Lipinski definition) is 1. The Balaban J connectivity index is 1.44. The number of nitrogens with one attached hydrogen (secondary N) is 1. The van der Waals surface area contributed by atoms with Crippen LogP contribution in [0.25, 0.3) is 0 Å². The molecule has 0 spiro atoms. The number of aryl methyl sites for hydroxylation is 1. The minimum absolute atomic E-state index is 0.0607. The van der Waals surface area contributed by atoms with Crippen LogP contribution in [0.1, 0.15) is 40.7 Å². The van der Waals surface area contributed by atoms with E-state index in [1.807, 2.05) is 11.6 Å². The third-order valence-electron chi connectivity index (χ3n) is 5.87. The summed E-state index contributed by atoms with van der Waals surface area (Å²) < 4.78 is 48.7. The molecule has 0 saturated carbocycles. The number of carbonyl (C=O) groups is 1. The lowest BCUT2D eigenvalue weighted by Gasteiger charge is -2.28. The smallest absolute Gasteiger partial charge is 0.406 e. The van der Waals surface area contributed by atoms with Crippen LogP contribution in [0.3, 0.4) is 0 Å². The maximum absolute atomic E-state index is 13.1. The predicted octanol–water partition coefficient (Wildman–Crippen LogP) is 2.92. The Morgan fingerprint density at radius 3 is 2.81 bits per heavy atom. The van der Waals surface area contributed by atoms with Crippen LogP contribution >= 0.6 is 0 Å². The van der Waals surface area contributed by atoms with Crippen LogP contribution in [0.2, 0.25) is 0 Å². The van der Waals surface area contributed by atoms with E-state index in [-0.39, 0.29) is 17.7 Å². The standard InChI is InChI=1S/C22H27F3N4O3/c1-2-29-19-7-6-16(26-14-15-4-3-5-17(12-15)32-22(23,24)25)13-18(19)20(27-29)21(30)28-8-10-31-11-9-28/h3-5,12,16,26H,2,6-11,13-14H2,1H3. The van der Waals surface area contributed by atoms with E-state index in [2.05, 4.69) is 15.2 Å². The molecule has 32 heavy (non-hydrogen) atoms. The highest BCUT2D eigenvalue weighted by Crippen LogP contribution is 2.27. The van der Waals surface area contributed by atoms with Crippen molar-refractivity contribution in [2.75, 3.05) is 26.3 Å². The van der Waals surface area contributed by atoms with Crippen molar-refractivity contribution in [2.24, 2.45) is 0 Å². The molecule has 1 aromatic carbocycles. The molecule has 1 fully saturated rings. The highest BCUT2D eigenvalue weighted by atomic mass is 19.4. The molecule has 1 saturated heterocycles. The number of aromatic nitrogens is 2. The monoisotopic (exact) mass is 452 g/mol. The first kappa shape index (κ1) is 22.6. The molecule has 1 aliphatic heterocycles. The van der Waals surface area contributed by atoms with Crippen molar-refractivity contribution in [2.45, 2.75) is 51.7 Å². The fourth-order valence-electron chi connectivity index (χ4n) is 4.33. The van der Waals surface area contributed by atoms with Gasteiger partial charge in [0, 0.05) is 43.5 Å². The zero-order valence-electron chi connectivity index (χ0n) is 18.0. The summed E-state index contributed by atoms with van der Waals surface area (Å²) in [5, 5.41) is 8.04. The number of ether oxygens (including phenoxy) is 2. The summed E-state index contributed by atoms with van der Waals surface area (Å²) in [7, 11) is 0. The minimum Gasteiger partial charge on any atom is -0.406 e. The Kier molecular flexibility index (Phi) is 6.71. The molecule has 2 aliphatic rings. The summed E-state index contributed by atoms with van der Waals surface area (Å²) in [6.07, 6.45) is -2.40. The zero-order valence-corrected chi connectivity index (χ0v) is 18.0. The van der Waals surface area contributed by atoms with Gasteiger partial charge in [0.05, 0.1) is 13.2 Å². The van der Waals surface area contributed by atoms with Gasteiger partial charge in [-0.1, -0.05) is 12.1 Å². The molecule has 174 valence electrons. The summed E-state index contributed by atoms with van der Waals surface area (Å²) in [5.41, 5.74) is 3.28. The average molecular weight is 452 g/mol. The molecular formula is C22H27F3N4O3. The Hall–Kier alpha value is -2.59. The summed E-state index contributed by atoms with van der Waals surface area (Å²) in [4.78, 5) is 14.9. The third kappa shape index (κ3) is 5.24. The van der Waals surface area contributed by atoms with Crippen molar-refractivity contribution in [1.82, 2.24) is 20.0 Å². The van der Waals surface area contributed by atoms with Crippen molar-refractivity contribution >= 4 is 5.91 Å². The first-order valence-corrected chi connectivity index (χ1v) is 10.9. The van der Waals surface area contributed by atoms with Gasteiger partial charge in [-0.25, -0.2) is 0 Å². The number of rotatable bonds is 6. The van der Waals surface area contributed by atoms with Crippen LogP contribution in [-0.2, 0) is 30.7 Å². The molecule has 1 aromatic heterocycles. The van der Waals surface area contributed by atoms with Crippen LogP contribution in [0.4, 0.5) is 13.2 Å². The van der Waals surface area contributed by atoms with E-state index in [0.717, 1.165) is 24.1 Å². The largest absolute Gasteiger partial charge is 0.573 e. The van der Waals surface area contributed by atoms with Gasteiger partial charge in [-0.05, 0) is 43.9 Å². The van der Waals surface area contributed by atoms with Crippen molar-refractivity contribution in [3.8, 4) is 5.75 Å². The van der Waals surface area contributed by atoms with Crippen molar-refractivity contribution in [3.63, 3.8) is 0 Å². The van der Waals surface area contributed by atoms with Gasteiger partial charge >= 0.3 is 6.36 Å². The molecular weight excluding hydrogens is 425 g/mol. The summed E-state index contributed by atoms with van der Waals surface area (Å²) >= 11 is 0. The average Bonchev–Trinajstić information content (AvgIpc) is 3.15. The van der Waals surface area contributed by atoms with E-state index in [1.165, 1.54) is 12.1 Å². The van der Waals surface area contributed by atoms with Gasteiger partial charge in [0.1, 0.15) is 5.75 Å². The molecule has 2 aromatic rings. The SMILES string of the molecule is CCn1nc(C(=O)N2CCOCC2)c2c1CCC(NCc1cccc(OC(F)(F)F)c1)C2. The van der Waals surface area contributed by atoms with E-state index in [9.17, 15) is 18.0 Å². The van der Waals surface area contributed by atoms with Gasteiger partial charge in [-0.2, -0.15) is 5.10 Å². The highest BCUT2D eigenvalue weighted by Gasteiger charge is 2.32. The van der Waals surface area contributed by atoms with Gasteiger partial charge in [-0.15, -0.1) is 13.2 Å². The number of fused-ring (bicyclic) bond motifs is 1. The minimum atomic E-state index is -4.71. The van der Waals surface area contributed by atoms with Crippen LogP contribution in [0.5, 0.6) is 5.75 Å². The lowest BCUT2D eigenvalue weighted by Crippen LogP contribution is -2.41. The molecule has 1 atom stereocenters. The molecule has 0 radical (unpaired) electrons. The first-order chi connectivity index (χ1) is 15.3. The Morgan fingerprint density at radius 1 is 1.31 bits per heavy atom. The molecule has 1 unspecified atom stereocenters. The molecule has 1 N–H and O–H groups in total. The predicted molar refractivity (Wildman–Crippen MR) is 110 cm³/mol. The number of halogens is 3. The molecule has 7 nitrogen and oxygen atoms in total. The van der Waals surface area contributed by atoms with Crippen molar-refractivity contribution in [1.29, 1.82) is 0 Å². The van der Waals surface area contributed by atoms with Crippen LogP contribution in [0, 0.1) is 0 Å². The number of amides is 1. The van der Waals surface area contributed by atoms with Crippen molar-refractivity contribution < 1.29 is 27.4 Å². The van der Waals surface area contributed by atoms with Crippen molar-refractivity contribution in [3.05, 3.63) is 46.8 Å². The second kappa shape index (κ2) is 9.50. The molecule has 10 heteroatoms. The topological polar surface area (TPSA) is 68.6 Å². The number of carbonyl (C=O) groups excluding carboxylic acids is 1. The van der Waals surface area contributed by atoms with Gasteiger partial charge in [0.2, 0.25) is 0 Å². The molecule has 1 amide bonds. The highest BCUT2D eigenvalue weighted by molar-refractivity contribution is 5.94. The number of morpholine rings is 1. The molecule has 0 bridgehead atoms. The Morgan fingerprint density at radius 2 is 2.09 bits per heavy atom. The second-order valence-corrected chi connectivity index (χ2v) is 8.01. The van der Waals surface area contributed by atoms with Gasteiger partial charge < -0.3 is 19.7 Å². The van der Waals surface area contributed by atoms with Gasteiger partial charge in [0.15, 0.2) is 5.69 Å². The molecule has 4 rings (SSSR count). The molecule has 2 heterocycles. The van der Waals surface area contributed by atoms with Crippen LogP contribution < -0.4 is 10.1 Å². The van der Waals surface area contributed by atoms with E-state index in [1.54, 1.807) is 17.0 Å². The summed E-state index contributed by atoms with van der Waals surface area (Å²) in [6.45, 7) is 5.30. The van der Waals surface area contributed by atoms with E-state index >= 15 is 0 Å². The fourth-order valence-corrected chi connectivity index (χ4v) is 4.33. The number of nitrogens with zero attached hydrogens (tertiary/aromatic N) is 3. The fraction of sp³-hybridized carbons (Fsp3) is 0.545. The van der Waals surface area contributed by atoms with E-state index < -0.39 is 6.36 Å². The maximum atomic E-state index is 13.1. The Bertz CT molecular complexity index is 954. The van der Waals surface area contributed by atoms with E-state index in [0.29, 0.717) is 57.1 Å². The number of benzene rings is 1. The van der Waals surface area contributed by atoms with Gasteiger partial charge in [0.25, 0.3) is 5.91 Å². The number of hydrogen-bond acceptors (Lipinski definition) is 5. The zero-order chi connectivity index (χ0) is 22.7.